The maximum Gasteiger partial charge on any atom is 0.248 e. The molecule has 3 N–H and O–H groups in total. The van der Waals surface area contributed by atoms with Crippen molar-refractivity contribution in [1.29, 1.82) is 0 Å². The Labute approximate surface area is 149 Å². The number of carbonyl (C=O) groups is 1. The van der Waals surface area contributed by atoms with Crippen LogP contribution in [0.25, 0.3) is 11.1 Å². The van der Waals surface area contributed by atoms with Crippen molar-refractivity contribution in [2.45, 2.75) is 36.5 Å². The van der Waals surface area contributed by atoms with E-state index in [2.05, 4.69) is 10.4 Å². The largest absolute Gasteiger partial charge is 0.326 e. The summed E-state index contributed by atoms with van der Waals surface area (Å²) in [5.41, 5.74) is 2.40. The Morgan fingerprint density at radius 1 is 1.32 bits per heavy atom. The molecule has 1 aliphatic rings. The molecule has 0 saturated heterocycles. The molecule has 0 radical (unpaired) electrons. The van der Waals surface area contributed by atoms with Crippen LogP contribution in [0.1, 0.15) is 25.7 Å². The molecular formula is C17H20F2N4OS. The molecule has 1 fully saturated rings. The van der Waals surface area contributed by atoms with Gasteiger partial charge in [-0.05, 0) is 48.6 Å². The molecule has 3 rings (SSSR count). The van der Waals surface area contributed by atoms with E-state index in [1.54, 1.807) is 16.9 Å². The van der Waals surface area contributed by atoms with Gasteiger partial charge in [0.15, 0.2) is 0 Å². The molecule has 0 spiro atoms. The number of benzene rings is 1. The number of alkyl halides is 2. The van der Waals surface area contributed by atoms with Crippen LogP contribution in [0.15, 0.2) is 35.5 Å². The van der Waals surface area contributed by atoms with E-state index in [-0.39, 0.29) is 37.5 Å². The lowest BCUT2D eigenvalue weighted by Crippen LogP contribution is -2.31. The van der Waals surface area contributed by atoms with Crippen molar-refractivity contribution in [2.75, 3.05) is 5.32 Å². The number of halogens is 2. The highest BCUT2D eigenvalue weighted by atomic mass is 32.2. The fraction of sp³-hybridized carbons (Fsp3) is 0.412. The Hall–Kier alpha value is -1.93. The van der Waals surface area contributed by atoms with Gasteiger partial charge in [-0.25, -0.2) is 8.78 Å². The number of carbonyl (C=O) groups excluding carboxylic acids is 1. The normalized spacial score (nSPS) is 17.4. The Bertz CT molecular complexity index is 768. The first-order valence-electron chi connectivity index (χ1n) is 8.06. The van der Waals surface area contributed by atoms with Crippen molar-refractivity contribution >= 4 is 23.5 Å². The Morgan fingerprint density at radius 3 is 2.64 bits per heavy atom. The summed E-state index contributed by atoms with van der Waals surface area (Å²) >= 11 is 1.08. The van der Waals surface area contributed by atoms with Crippen molar-refractivity contribution < 1.29 is 13.6 Å². The number of hydrogen-bond donors (Lipinski definition) is 2. The summed E-state index contributed by atoms with van der Waals surface area (Å²) in [5, 5.41) is 12.7. The zero-order chi connectivity index (χ0) is 18.0. The fourth-order valence-electron chi connectivity index (χ4n) is 3.02. The second-order valence-corrected chi connectivity index (χ2v) is 7.09. The summed E-state index contributed by atoms with van der Waals surface area (Å²) in [5.74, 6) is -3.23. The van der Waals surface area contributed by atoms with Gasteiger partial charge < -0.3 is 5.32 Å². The number of amides is 1. The van der Waals surface area contributed by atoms with Crippen LogP contribution < -0.4 is 10.5 Å². The van der Waals surface area contributed by atoms with Crippen LogP contribution >= 0.6 is 11.9 Å². The highest BCUT2D eigenvalue weighted by Crippen LogP contribution is 2.37. The second-order valence-electron chi connectivity index (χ2n) is 6.39. The minimum atomic E-state index is -2.64. The predicted octanol–water partition coefficient (Wildman–Crippen LogP) is 3.82. The zero-order valence-corrected chi connectivity index (χ0v) is 14.7. The second kappa shape index (κ2) is 7.13. The summed E-state index contributed by atoms with van der Waals surface area (Å²) in [6.07, 6.45) is 3.55. The van der Waals surface area contributed by atoms with Crippen molar-refractivity contribution in [2.24, 2.45) is 18.1 Å². The topological polar surface area (TPSA) is 72.9 Å². The third-order valence-electron chi connectivity index (χ3n) is 4.44. The Balaban J connectivity index is 1.76. The summed E-state index contributed by atoms with van der Waals surface area (Å²) in [7, 11) is 1.83. The molecule has 1 aliphatic carbocycles. The monoisotopic (exact) mass is 366 g/mol. The summed E-state index contributed by atoms with van der Waals surface area (Å²) in [6.45, 7) is 0. The molecule has 0 bridgehead atoms. The average Bonchev–Trinajstić information content (AvgIpc) is 3.01. The number of nitrogens with one attached hydrogen (secondary N) is 1. The van der Waals surface area contributed by atoms with E-state index in [0.29, 0.717) is 5.69 Å². The molecule has 25 heavy (non-hydrogen) atoms. The minimum absolute atomic E-state index is 0.208. The molecule has 5 nitrogen and oxygen atoms in total. The highest BCUT2D eigenvalue weighted by molar-refractivity contribution is 7.97. The van der Waals surface area contributed by atoms with Crippen LogP contribution in [0.3, 0.4) is 0 Å². The predicted molar refractivity (Wildman–Crippen MR) is 94.2 cm³/mol. The number of nitrogens with zero attached hydrogens (tertiary/aromatic N) is 2. The molecule has 0 aliphatic heterocycles. The van der Waals surface area contributed by atoms with E-state index >= 15 is 0 Å². The van der Waals surface area contributed by atoms with E-state index in [0.717, 1.165) is 28.0 Å². The van der Waals surface area contributed by atoms with Gasteiger partial charge in [0.25, 0.3) is 0 Å². The van der Waals surface area contributed by atoms with Crippen molar-refractivity contribution in [3.63, 3.8) is 0 Å². The van der Waals surface area contributed by atoms with Gasteiger partial charge in [-0.2, -0.15) is 5.10 Å². The lowest BCUT2D eigenvalue weighted by Gasteiger charge is -2.27. The number of aromatic nitrogens is 2. The first-order valence-corrected chi connectivity index (χ1v) is 8.94. The van der Waals surface area contributed by atoms with Gasteiger partial charge in [0.1, 0.15) is 0 Å². The van der Waals surface area contributed by atoms with Gasteiger partial charge >= 0.3 is 0 Å². The van der Waals surface area contributed by atoms with Gasteiger partial charge in [0.2, 0.25) is 11.8 Å². The summed E-state index contributed by atoms with van der Waals surface area (Å²) < 4.78 is 28.2. The zero-order valence-electron chi connectivity index (χ0n) is 13.8. The first kappa shape index (κ1) is 17.9. The average molecular weight is 366 g/mol. The number of rotatable bonds is 4. The SMILES string of the molecule is Cn1cc(-c2cc(NC(=O)C3CCC(F)(F)CC3)cc(SN)c2)cn1. The van der Waals surface area contributed by atoms with E-state index in [9.17, 15) is 13.6 Å². The quantitative estimate of drug-likeness (QED) is 0.807. The fourth-order valence-corrected chi connectivity index (χ4v) is 3.41. The number of aryl methyl sites for hydroxylation is 1. The third kappa shape index (κ3) is 4.38. The van der Waals surface area contributed by atoms with Crippen molar-refractivity contribution in [3.8, 4) is 11.1 Å². The van der Waals surface area contributed by atoms with E-state index in [1.807, 2.05) is 25.4 Å². The molecule has 1 aromatic heterocycles. The first-order chi connectivity index (χ1) is 11.9. The van der Waals surface area contributed by atoms with Crippen LogP contribution in [-0.2, 0) is 11.8 Å². The van der Waals surface area contributed by atoms with Gasteiger partial charge in [-0.1, -0.05) is 0 Å². The van der Waals surface area contributed by atoms with Gasteiger partial charge in [0, 0.05) is 48.2 Å². The maximum absolute atomic E-state index is 13.3. The van der Waals surface area contributed by atoms with Crippen molar-refractivity contribution in [3.05, 3.63) is 30.6 Å². The molecule has 0 unspecified atom stereocenters. The number of hydrogen-bond acceptors (Lipinski definition) is 4. The van der Waals surface area contributed by atoms with Gasteiger partial charge in [0.05, 0.1) is 6.20 Å². The third-order valence-corrected chi connectivity index (χ3v) is 4.94. The lowest BCUT2D eigenvalue weighted by molar-refractivity contribution is -0.124. The number of anilines is 1. The summed E-state index contributed by atoms with van der Waals surface area (Å²) in [6, 6.07) is 5.53. The molecule has 1 amide bonds. The maximum atomic E-state index is 13.3. The van der Waals surface area contributed by atoms with E-state index in [4.69, 9.17) is 5.14 Å². The smallest absolute Gasteiger partial charge is 0.248 e. The van der Waals surface area contributed by atoms with E-state index in [1.165, 1.54) is 0 Å². The molecule has 1 saturated carbocycles. The molecule has 2 aromatic rings. The molecular weight excluding hydrogens is 346 g/mol. The molecule has 1 heterocycles. The van der Waals surface area contributed by atoms with Crippen LogP contribution in [0, 0.1) is 5.92 Å². The van der Waals surface area contributed by atoms with Crippen LogP contribution in [0.5, 0.6) is 0 Å². The Morgan fingerprint density at radius 2 is 2.04 bits per heavy atom. The standard InChI is InChI=1S/C17H20F2N4OS/c1-23-10-13(9-21-23)12-6-14(8-15(7-12)25-20)22-16(24)11-2-4-17(18,19)5-3-11/h6-11H,2-5,20H2,1H3,(H,22,24). The Kier molecular flexibility index (Phi) is 5.10. The van der Waals surface area contributed by atoms with Gasteiger partial charge in [-0.15, -0.1) is 0 Å². The van der Waals surface area contributed by atoms with Crippen LogP contribution in [0.2, 0.25) is 0 Å². The van der Waals surface area contributed by atoms with E-state index < -0.39 is 5.92 Å². The van der Waals surface area contributed by atoms with Crippen LogP contribution in [-0.4, -0.2) is 21.6 Å². The molecule has 134 valence electrons. The highest BCUT2D eigenvalue weighted by Gasteiger charge is 2.37. The molecule has 1 aromatic carbocycles. The molecule has 8 heteroatoms. The molecule has 0 atom stereocenters. The van der Waals surface area contributed by atoms with Gasteiger partial charge in [-0.3, -0.25) is 14.6 Å². The summed E-state index contributed by atoms with van der Waals surface area (Å²) in [4.78, 5) is 13.2. The number of nitrogens with two attached hydrogens (primary N) is 1. The van der Waals surface area contributed by atoms with Crippen molar-refractivity contribution in [1.82, 2.24) is 9.78 Å². The lowest BCUT2D eigenvalue weighted by atomic mass is 9.86. The minimum Gasteiger partial charge on any atom is -0.326 e. The van der Waals surface area contributed by atoms with Crippen LogP contribution in [0.4, 0.5) is 14.5 Å².